The molecule has 118 valence electrons. The first kappa shape index (κ1) is 16.6. The summed E-state index contributed by atoms with van der Waals surface area (Å²) >= 11 is 5.81. The number of aromatic amines is 1. The molecule has 1 amide bonds. The van der Waals surface area contributed by atoms with Crippen molar-refractivity contribution in [2.75, 3.05) is 13.3 Å². The lowest BCUT2D eigenvalue weighted by molar-refractivity contribution is 0.0737. The van der Waals surface area contributed by atoms with Crippen molar-refractivity contribution < 1.29 is 13.2 Å². The number of hydrogen-bond acceptors (Lipinski definition) is 3. The van der Waals surface area contributed by atoms with E-state index in [0.29, 0.717) is 10.7 Å². The number of rotatable bonds is 4. The summed E-state index contributed by atoms with van der Waals surface area (Å²) in [4.78, 5) is 17.0. The molecule has 1 aromatic carbocycles. The third-order valence-corrected chi connectivity index (χ3v) is 4.92. The Kier molecular flexibility index (Phi) is 4.63. The standard InChI is InChI=1S/C15H17ClN2O3S/c1-10(11-4-6-13(7-5-11)22(3,20)21)18(2)15(19)14-8-12(16)9-17-14/h4-10,17H,1-3H3/t10-/m1/s1. The molecule has 1 atom stereocenters. The lowest BCUT2D eigenvalue weighted by Crippen LogP contribution is -2.29. The Morgan fingerprint density at radius 3 is 2.32 bits per heavy atom. The highest BCUT2D eigenvalue weighted by atomic mass is 35.5. The van der Waals surface area contributed by atoms with Crippen molar-refractivity contribution in [2.45, 2.75) is 17.9 Å². The second-order valence-electron chi connectivity index (χ2n) is 5.16. The molecule has 0 unspecified atom stereocenters. The summed E-state index contributed by atoms with van der Waals surface area (Å²) in [7, 11) is -1.54. The summed E-state index contributed by atoms with van der Waals surface area (Å²) in [5, 5.41) is 0.474. The number of nitrogens with zero attached hydrogens (tertiary/aromatic N) is 1. The number of hydrogen-bond donors (Lipinski definition) is 1. The van der Waals surface area contributed by atoms with Gasteiger partial charge in [0.15, 0.2) is 9.84 Å². The van der Waals surface area contributed by atoms with Crippen LogP contribution in [0.4, 0.5) is 0 Å². The minimum Gasteiger partial charge on any atom is -0.356 e. The summed E-state index contributed by atoms with van der Waals surface area (Å²) in [5.41, 5.74) is 1.26. The van der Waals surface area contributed by atoms with E-state index in [4.69, 9.17) is 11.6 Å². The number of carbonyl (C=O) groups is 1. The normalized spacial score (nSPS) is 12.9. The maximum atomic E-state index is 12.3. The number of halogens is 1. The highest BCUT2D eigenvalue weighted by molar-refractivity contribution is 7.90. The maximum Gasteiger partial charge on any atom is 0.270 e. The Labute approximate surface area is 134 Å². The molecule has 0 aliphatic rings. The van der Waals surface area contributed by atoms with E-state index in [1.54, 1.807) is 48.5 Å². The van der Waals surface area contributed by atoms with Gasteiger partial charge in [0.05, 0.1) is 16.0 Å². The molecular weight excluding hydrogens is 324 g/mol. The first-order chi connectivity index (χ1) is 10.2. The van der Waals surface area contributed by atoms with E-state index in [-0.39, 0.29) is 16.8 Å². The maximum absolute atomic E-state index is 12.3. The average molecular weight is 341 g/mol. The van der Waals surface area contributed by atoms with Gasteiger partial charge in [-0.1, -0.05) is 23.7 Å². The van der Waals surface area contributed by atoms with Crippen LogP contribution in [0.15, 0.2) is 41.4 Å². The van der Waals surface area contributed by atoms with Crippen molar-refractivity contribution in [3.63, 3.8) is 0 Å². The predicted octanol–water partition coefficient (Wildman–Crippen LogP) is 2.90. The second-order valence-corrected chi connectivity index (χ2v) is 7.62. The SMILES string of the molecule is C[C@H](c1ccc(S(C)(=O)=O)cc1)N(C)C(=O)c1cc(Cl)c[nH]1. The van der Waals surface area contributed by atoms with Gasteiger partial charge in [-0.05, 0) is 30.7 Å². The predicted molar refractivity (Wildman–Crippen MR) is 85.9 cm³/mol. The Morgan fingerprint density at radius 1 is 1.27 bits per heavy atom. The smallest absolute Gasteiger partial charge is 0.270 e. The molecule has 0 saturated heterocycles. The summed E-state index contributed by atoms with van der Waals surface area (Å²) in [6, 6.07) is 7.89. The number of nitrogens with one attached hydrogen (secondary N) is 1. The zero-order valence-corrected chi connectivity index (χ0v) is 14.1. The summed E-state index contributed by atoms with van der Waals surface area (Å²) in [6.07, 6.45) is 2.71. The van der Waals surface area contributed by atoms with Gasteiger partial charge in [0.1, 0.15) is 5.69 Å². The summed E-state index contributed by atoms with van der Waals surface area (Å²) in [5.74, 6) is -0.188. The molecule has 0 aliphatic heterocycles. The van der Waals surface area contributed by atoms with Gasteiger partial charge < -0.3 is 9.88 Å². The van der Waals surface area contributed by atoms with Crippen LogP contribution in [0.3, 0.4) is 0 Å². The molecule has 0 radical (unpaired) electrons. The zero-order valence-electron chi connectivity index (χ0n) is 12.5. The summed E-state index contributed by atoms with van der Waals surface area (Å²) in [6.45, 7) is 1.87. The van der Waals surface area contributed by atoms with Crippen molar-refractivity contribution >= 4 is 27.3 Å². The molecule has 2 rings (SSSR count). The number of sulfone groups is 1. The van der Waals surface area contributed by atoms with Gasteiger partial charge in [-0.3, -0.25) is 4.79 Å². The third kappa shape index (κ3) is 3.51. The minimum atomic E-state index is -3.22. The number of benzene rings is 1. The fraction of sp³-hybridized carbons (Fsp3) is 0.267. The molecule has 1 heterocycles. The number of amides is 1. The first-order valence-electron chi connectivity index (χ1n) is 6.61. The zero-order chi connectivity index (χ0) is 16.5. The monoisotopic (exact) mass is 340 g/mol. The molecule has 7 heteroatoms. The van der Waals surface area contributed by atoms with Gasteiger partial charge in [0, 0.05) is 19.5 Å². The van der Waals surface area contributed by atoms with E-state index in [9.17, 15) is 13.2 Å². The summed E-state index contributed by atoms with van der Waals surface area (Å²) < 4.78 is 22.9. The Morgan fingerprint density at radius 2 is 1.86 bits per heavy atom. The van der Waals surface area contributed by atoms with E-state index >= 15 is 0 Å². The van der Waals surface area contributed by atoms with Crippen LogP contribution < -0.4 is 0 Å². The van der Waals surface area contributed by atoms with Gasteiger partial charge in [0.2, 0.25) is 0 Å². The third-order valence-electron chi connectivity index (χ3n) is 3.57. The number of carbonyl (C=O) groups excluding carboxylic acids is 1. The van der Waals surface area contributed by atoms with Crippen molar-refractivity contribution in [3.05, 3.63) is 52.8 Å². The quantitative estimate of drug-likeness (QED) is 0.930. The van der Waals surface area contributed by atoms with E-state index in [1.807, 2.05) is 6.92 Å². The molecule has 1 N–H and O–H groups in total. The highest BCUT2D eigenvalue weighted by Gasteiger charge is 2.20. The second kappa shape index (κ2) is 6.14. The molecule has 0 fully saturated rings. The molecule has 0 bridgehead atoms. The van der Waals surface area contributed by atoms with Crippen molar-refractivity contribution in [1.29, 1.82) is 0 Å². The van der Waals surface area contributed by atoms with Crippen LogP contribution in [-0.2, 0) is 9.84 Å². The Bertz CT molecular complexity index is 781. The van der Waals surface area contributed by atoms with Crippen LogP contribution >= 0.6 is 11.6 Å². The number of aromatic nitrogens is 1. The molecule has 0 spiro atoms. The molecule has 22 heavy (non-hydrogen) atoms. The average Bonchev–Trinajstić information content (AvgIpc) is 2.90. The molecule has 2 aromatic rings. The Hall–Kier alpha value is -1.79. The van der Waals surface area contributed by atoms with Crippen LogP contribution in [-0.4, -0.2) is 37.5 Å². The van der Waals surface area contributed by atoms with E-state index in [1.165, 1.54) is 0 Å². The van der Waals surface area contributed by atoms with Crippen LogP contribution in [0.1, 0.15) is 29.0 Å². The van der Waals surface area contributed by atoms with Crippen LogP contribution in [0, 0.1) is 0 Å². The lowest BCUT2D eigenvalue weighted by Gasteiger charge is -2.25. The van der Waals surface area contributed by atoms with Crippen molar-refractivity contribution in [3.8, 4) is 0 Å². The molecule has 0 saturated carbocycles. The van der Waals surface area contributed by atoms with Gasteiger partial charge in [-0.15, -0.1) is 0 Å². The molecule has 5 nitrogen and oxygen atoms in total. The molecule has 0 aliphatic carbocycles. The topological polar surface area (TPSA) is 70.2 Å². The van der Waals surface area contributed by atoms with Crippen LogP contribution in [0.2, 0.25) is 5.02 Å². The highest BCUT2D eigenvalue weighted by Crippen LogP contribution is 2.22. The fourth-order valence-corrected chi connectivity index (χ4v) is 2.87. The van der Waals surface area contributed by atoms with E-state index in [0.717, 1.165) is 11.8 Å². The molecular formula is C15H17ClN2O3S. The number of H-pyrrole nitrogens is 1. The fourth-order valence-electron chi connectivity index (χ4n) is 2.07. The van der Waals surface area contributed by atoms with Gasteiger partial charge in [0.25, 0.3) is 5.91 Å². The Balaban J connectivity index is 2.20. The lowest BCUT2D eigenvalue weighted by atomic mass is 10.1. The van der Waals surface area contributed by atoms with E-state index in [2.05, 4.69) is 4.98 Å². The minimum absolute atomic E-state index is 0.188. The van der Waals surface area contributed by atoms with E-state index < -0.39 is 9.84 Å². The van der Waals surface area contributed by atoms with Gasteiger partial charge >= 0.3 is 0 Å². The largest absolute Gasteiger partial charge is 0.356 e. The molecule has 1 aromatic heterocycles. The van der Waals surface area contributed by atoms with Gasteiger partial charge in [-0.25, -0.2) is 8.42 Å². The van der Waals surface area contributed by atoms with Gasteiger partial charge in [-0.2, -0.15) is 0 Å². The van der Waals surface area contributed by atoms with Crippen LogP contribution in [0.5, 0.6) is 0 Å². The van der Waals surface area contributed by atoms with Crippen molar-refractivity contribution in [1.82, 2.24) is 9.88 Å². The first-order valence-corrected chi connectivity index (χ1v) is 8.88. The van der Waals surface area contributed by atoms with Crippen LogP contribution in [0.25, 0.3) is 0 Å². The van der Waals surface area contributed by atoms with Crippen molar-refractivity contribution in [2.24, 2.45) is 0 Å².